The Morgan fingerprint density at radius 1 is 1.24 bits per heavy atom. The predicted molar refractivity (Wildman–Crippen MR) is 66.2 cm³/mol. The van der Waals surface area contributed by atoms with Crippen molar-refractivity contribution in [2.75, 3.05) is 6.61 Å². The number of ether oxygens (including phenoxy) is 1. The van der Waals surface area contributed by atoms with Crippen LogP contribution in [0.1, 0.15) is 23.0 Å². The van der Waals surface area contributed by atoms with Crippen LogP contribution in [0.3, 0.4) is 0 Å². The highest BCUT2D eigenvalue weighted by Gasteiger charge is 2.30. The zero-order valence-corrected chi connectivity index (χ0v) is 10.9. The van der Waals surface area contributed by atoms with E-state index in [1.807, 2.05) is 0 Å². The van der Waals surface area contributed by atoms with E-state index in [2.05, 4.69) is 15.4 Å². The largest absolute Gasteiger partial charge is 0.461 e. The van der Waals surface area contributed by atoms with Gasteiger partial charge in [-0.15, -0.1) is 10.2 Å². The van der Waals surface area contributed by atoms with Crippen molar-refractivity contribution in [3.05, 3.63) is 41.7 Å². The number of carbonyl (C=O) groups excluding carboxylic acids is 1. The van der Waals surface area contributed by atoms with Crippen LogP contribution in [0.25, 0.3) is 11.1 Å². The second kappa shape index (κ2) is 5.86. The molecule has 0 unspecified atom stereocenters. The number of hydrogen-bond acceptors (Lipinski definition) is 5. The minimum Gasteiger partial charge on any atom is -0.461 e. The summed E-state index contributed by atoms with van der Waals surface area (Å²) in [7, 11) is 0. The minimum atomic E-state index is -4.42. The molecule has 0 fully saturated rings. The van der Waals surface area contributed by atoms with Crippen molar-refractivity contribution in [2.24, 2.45) is 0 Å². The Labute approximate surface area is 117 Å². The maximum Gasteiger partial charge on any atom is 0.416 e. The molecule has 8 heteroatoms. The molecule has 0 N–H and O–H groups in total. The SMILES string of the molecule is CCOC(=O)c1nnncc1-c1ccc(C(F)(F)F)cc1. The van der Waals surface area contributed by atoms with E-state index in [1.165, 1.54) is 18.3 Å². The number of alkyl halides is 3. The fourth-order valence-electron chi connectivity index (χ4n) is 1.67. The van der Waals surface area contributed by atoms with Crippen LogP contribution < -0.4 is 0 Å². The molecule has 0 saturated carbocycles. The van der Waals surface area contributed by atoms with Gasteiger partial charge in [-0.3, -0.25) is 0 Å². The molecular weight excluding hydrogens is 287 g/mol. The number of benzene rings is 1. The van der Waals surface area contributed by atoms with E-state index in [0.717, 1.165) is 12.1 Å². The molecule has 1 aromatic carbocycles. The first-order chi connectivity index (χ1) is 9.93. The van der Waals surface area contributed by atoms with Crippen molar-refractivity contribution < 1.29 is 22.7 Å². The van der Waals surface area contributed by atoms with Gasteiger partial charge in [0.15, 0.2) is 5.69 Å². The van der Waals surface area contributed by atoms with Crippen LogP contribution in [0.2, 0.25) is 0 Å². The lowest BCUT2D eigenvalue weighted by Gasteiger charge is -2.09. The number of aromatic nitrogens is 3. The van der Waals surface area contributed by atoms with Crippen LogP contribution in [0.5, 0.6) is 0 Å². The summed E-state index contributed by atoms with van der Waals surface area (Å²) in [6.45, 7) is 1.78. The van der Waals surface area contributed by atoms with Gasteiger partial charge in [0.25, 0.3) is 0 Å². The molecule has 0 atom stereocenters. The molecule has 110 valence electrons. The lowest BCUT2D eigenvalue weighted by Crippen LogP contribution is -2.11. The summed E-state index contributed by atoms with van der Waals surface area (Å²) in [6.07, 6.45) is -3.17. The molecule has 0 aliphatic rings. The number of nitrogens with zero attached hydrogens (tertiary/aromatic N) is 3. The van der Waals surface area contributed by atoms with Gasteiger partial charge in [-0.05, 0) is 29.8 Å². The summed E-state index contributed by atoms with van der Waals surface area (Å²) in [5.74, 6) is -0.706. The molecule has 0 bridgehead atoms. The van der Waals surface area contributed by atoms with E-state index in [1.54, 1.807) is 6.92 Å². The Kier molecular flexibility index (Phi) is 4.15. The van der Waals surface area contributed by atoms with Gasteiger partial charge in [-0.1, -0.05) is 12.1 Å². The standard InChI is InChI=1S/C13H10F3N3O2/c1-2-21-12(20)11-10(7-17-19-18-11)8-3-5-9(6-4-8)13(14,15)16/h3-7H,2H2,1H3. The van der Waals surface area contributed by atoms with Gasteiger partial charge in [-0.2, -0.15) is 13.2 Å². The Morgan fingerprint density at radius 2 is 1.90 bits per heavy atom. The molecule has 0 aliphatic heterocycles. The van der Waals surface area contributed by atoms with Gasteiger partial charge in [0.05, 0.1) is 18.4 Å². The molecule has 0 spiro atoms. The number of esters is 1. The first-order valence-electron chi connectivity index (χ1n) is 5.96. The van der Waals surface area contributed by atoms with E-state index >= 15 is 0 Å². The fourth-order valence-corrected chi connectivity index (χ4v) is 1.67. The highest BCUT2D eigenvalue weighted by atomic mass is 19.4. The summed E-state index contributed by atoms with van der Waals surface area (Å²) in [5, 5.41) is 10.5. The molecule has 21 heavy (non-hydrogen) atoms. The zero-order valence-electron chi connectivity index (χ0n) is 10.9. The maximum absolute atomic E-state index is 12.5. The quantitative estimate of drug-likeness (QED) is 0.815. The summed E-state index contributed by atoms with van der Waals surface area (Å²) in [4.78, 5) is 11.7. The van der Waals surface area contributed by atoms with E-state index < -0.39 is 17.7 Å². The van der Waals surface area contributed by atoms with Crippen LogP contribution in [-0.4, -0.2) is 28.0 Å². The Hall–Kier alpha value is -2.51. The molecule has 0 saturated heterocycles. The molecule has 0 radical (unpaired) electrons. The topological polar surface area (TPSA) is 65.0 Å². The van der Waals surface area contributed by atoms with Gasteiger partial charge in [0.1, 0.15) is 0 Å². The number of carbonyl (C=O) groups is 1. The highest BCUT2D eigenvalue weighted by Crippen LogP contribution is 2.31. The van der Waals surface area contributed by atoms with Gasteiger partial charge >= 0.3 is 12.1 Å². The average molecular weight is 297 g/mol. The third-order valence-electron chi connectivity index (χ3n) is 2.63. The summed E-state index contributed by atoms with van der Waals surface area (Å²) >= 11 is 0. The maximum atomic E-state index is 12.5. The molecule has 0 amide bonds. The monoisotopic (exact) mass is 297 g/mol. The predicted octanol–water partition coefficient (Wildman–Crippen LogP) is 2.73. The van der Waals surface area contributed by atoms with Crippen LogP contribution in [0, 0.1) is 0 Å². The van der Waals surface area contributed by atoms with Crippen molar-refractivity contribution in [2.45, 2.75) is 13.1 Å². The normalized spacial score (nSPS) is 11.2. The first kappa shape index (κ1) is 14.9. The van der Waals surface area contributed by atoms with Crippen molar-refractivity contribution in [1.29, 1.82) is 0 Å². The van der Waals surface area contributed by atoms with E-state index in [-0.39, 0.29) is 17.9 Å². The first-order valence-corrected chi connectivity index (χ1v) is 5.96. The van der Waals surface area contributed by atoms with E-state index in [0.29, 0.717) is 5.56 Å². The third kappa shape index (κ3) is 3.33. The van der Waals surface area contributed by atoms with Crippen LogP contribution >= 0.6 is 0 Å². The van der Waals surface area contributed by atoms with Gasteiger partial charge < -0.3 is 4.74 Å². The number of hydrogen-bond donors (Lipinski definition) is 0. The lowest BCUT2D eigenvalue weighted by atomic mass is 10.0. The van der Waals surface area contributed by atoms with Crippen LogP contribution in [-0.2, 0) is 10.9 Å². The smallest absolute Gasteiger partial charge is 0.416 e. The van der Waals surface area contributed by atoms with Crippen molar-refractivity contribution in [3.8, 4) is 11.1 Å². The summed E-state index contributed by atoms with van der Waals surface area (Å²) in [5.41, 5.74) is -0.240. The molecule has 5 nitrogen and oxygen atoms in total. The van der Waals surface area contributed by atoms with Gasteiger partial charge in [0.2, 0.25) is 0 Å². The fraction of sp³-hybridized carbons (Fsp3) is 0.231. The Balaban J connectivity index is 2.41. The van der Waals surface area contributed by atoms with Crippen LogP contribution in [0.4, 0.5) is 13.2 Å². The third-order valence-corrected chi connectivity index (χ3v) is 2.63. The molecule has 0 aliphatic carbocycles. The molecule has 1 aromatic heterocycles. The van der Waals surface area contributed by atoms with Crippen LogP contribution in [0.15, 0.2) is 30.5 Å². The number of halogens is 3. The van der Waals surface area contributed by atoms with Gasteiger partial charge in [-0.25, -0.2) is 4.79 Å². The Bertz CT molecular complexity index is 642. The average Bonchev–Trinajstić information content (AvgIpc) is 2.47. The molecule has 2 aromatic rings. The second-order valence-corrected chi connectivity index (χ2v) is 3.99. The van der Waals surface area contributed by atoms with Crippen molar-refractivity contribution in [1.82, 2.24) is 15.4 Å². The highest BCUT2D eigenvalue weighted by molar-refractivity contribution is 5.94. The Morgan fingerprint density at radius 3 is 2.48 bits per heavy atom. The van der Waals surface area contributed by atoms with Crippen molar-refractivity contribution in [3.63, 3.8) is 0 Å². The molecule has 2 rings (SSSR count). The van der Waals surface area contributed by atoms with E-state index in [4.69, 9.17) is 4.74 Å². The number of rotatable bonds is 3. The van der Waals surface area contributed by atoms with Gasteiger partial charge in [0, 0.05) is 5.56 Å². The van der Waals surface area contributed by atoms with Crippen molar-refractivity contribution >= 4 is 5.97 Å². The zero-order chi connectivity index (χ0) is 15.5. The molecular formula is C13H10F3N3O2. The summed E-state index contributed by atoms with van der Waals surface area (Å²) in [6, 6.07) is 4.32. The molecule has 1 heterocycles. The van der Waals surface area contributed by atoms with E-state index in [9.17, 15) is 18.0 Å². The lowest BCUT2D eigenvalue weighted by molar-refractivity contribution is -0.137. The minimum absolute atomic E-state index is 0.0911. The second-order valence-electron chi connectivity index (χ2n) is 3.99. The summed E-state index contributed by atoms with van der Waals surface area (Å²) < 4.78 is 42.4.